The van der Waals surface area contributed by atoms with Crippen LogP contribution in [0.25, 0.3) is 0 Å². The normalized spacial score (nSPS) is 14.4. The van der Waals surface area contributed by atoms with Crippen LogP contribution in [-0.4, -0.2) is 63.0 Å². The van der Waals surface area contributed by atoms with Crippen molar-refractivity contribution in [1.82, 2.24) is 4.90 Å². The number of anilines is 2. The number of hydrogen-bond donors (Lipinski definition) is 2. The molecule has 2 aromatic carbocycles. The molecular formula is C23H30ClN4O2+. The molecule has 1 fully saturated rings. The van der Waals surface area contributed by atoms with E-state index in [2.05, 4.69) is 23.2 Å². The third-order valence-electron chi connectivity index (χ3n) is 5.52. The van der Waals surface area contributed by atoms with E-state index in [1.54, 1.807) is 7.05 Å². The lowest BCUT2D eigenvalue weighted by Crippen LogP contribution is -3.15. The largest absolute Gasteiger partial charge is 0.360 e. The number of amides is 2. The minimum Gasteiger partial charge on any atom is -0.360 e. The number of aryl methyl sites for hydroxylation is 1. The minimum atomic E-state index is -0.174. The Hall–Kier alpha value is -2.57. The predicted molar refractivity (Wildman–Crippen MR) is 121 cm³/mol. The quantitative estimate of drug-likeness (QED) is 0.704. The van der Waals surface area contributed by atoms with E-state index >= 15 is 0 Å². The number of carbonyl (C=O) groups excluding carboxylic acids is 2. The van der Waals surface area contributed by atoms with E-state index < -0.39 is 0 Å². The van der Waals surface area contributed by atoms with Gasteiger partial charge in [-0.3, -0.25) is 9.59 Å². The van der Waals surface area contributed by atoms with Crippen LogP contribution >= 0.6 is 11.6 Å². The third-order valence-corrected chi connectivity index (χ3v) is 5.76. The molecule has 0 aliphatic carbocycles. The maximum Gasteiger partial charge on any atom is 0.277 e. The Kier molecular flexibility index (Phi) is 7.71. The van der Waals surface area contributed by atoms with Crippen LogP contribution in [0.3, 0.4) is 0 Å². The summed E-state index contributed by atoms with van der Waals surface area (Å²) in [6.07, 6.45) is 0.843. The summed E-state index contributed by atoms with van der Waals surface area (Å²) in [7, 11) is 1.69. The van der Waals surface area contributed by atoms with Gasteiger partial charge in [-0.25, -0.2) is 0 Å². The lowest BCUT2D eigenvalue weighted by atomic mass is 10.1. The molecule has 1 heterocycles. The number of nitrogens with one attached hydrogen (secondary N) is 2. The molecule has 1 aliphatic rings. The molecule has 1 saturated heterocycles. The number of nitrogens with zero attached hydrogens (tertiary/aromatic N) is 2. The molecule has 0 saturated carbocycles. The predicted octanol–water partition coefficient (Wildman–Crippen LogP) is 1.70. The molecule has 3 rings (SSSR count). The van der Waals surface area contributed by atoms with Crippen LogP contribution in [0.4, 0.5) is 11.4 Å². The van der Waals surface area contributed by atoms with Gasteiger partial charge in [0.15, 0.2) is 6.54 Å². The van der Waals surface area contributed by atoms with Crippen molar-refractivity contribution in [2.24, 2.45) is 0 Å². The Labute approximate surface area is 183 Å². The fourth-order valence-electron chi connectivity index (χ4n) is 3.72. The molecule has 0 bridgehead atoms. The molecule has 160 valence electrons. The molecule has 7 heteroatoms. The van der Waals surface area contributed by atoms with E-state index in [4.69, 9.17) is 11.6 Å². The molecule has 2 N–H and O–H groups in total. The Morgan fingerprint density at radius 3 is 2.57 bits per heavy atom. The van der Waals surface area contributed by atoms with Crippen molar-refractivity contribution in [3.05, 3.63) is 59.1 Å². The lowest BCUT2D eigenvalue weighted by molar-refractivity contribution is -0.892. The minimum absolute atomic E-state index is 0.0138. The second-order valence-corrected chi connectivity index (χ2v) is 8.14. The number of hydrogen-bond acceptors (Lipinski definition) is 3. The van der Waals surface area contributed by atoms with Crippen LogP contribution in [0.15, 0.2) is 48.5 Å². The van der Waals surface area contributed by atoms with Gasteiger partial charge in [0.1, 0.15) is 0 Å². The highest BCUT2D eigenvalue weighted by Gasteiger charge is 2.24. The number of halogens is 1. The molecule has 0 aromatic heterocycles. The van der Waals surface area contributed by atoms with Gasteiger partial charge in [0.05, 0.1) is 32.7 Å². The monoisotopic (exact) mass is 429 g/mol. The number of benzene rings is 2. The zero-order valence-corrected chi connectivity index (χ0v) is 18.4. The first-order valence-corrected chi connectivity index (χ1v) is 10.8. The highest BCUT2D eigenvalue weighted by Crippen LogP contribution is 2.19. The van der Waals surface area contributed by atoms with E-state index in [1.807, 2.05) is 42.5 Å². The molecule has 2 aromatic rings. The van der Waals surface area contributed by atoms with Crippen molar-refractivity contribution < 1.29 is 14.5 Å². The number of quaternary nitrogens is 1. The van der Waals surface area contributed by atoms with E-state index in [1.165, 1.54) is 9.80 Å². The van der Waals surface area contributed by atoms with Gasteiger partial charge in [-0.15, -0.1) is 0 Å². The highest BCUT2D eigenvalue weighted by atomic mass is 35.5. The fourth-order valence-corrected chi connectivity index (χ4v) is 3.91. The van der Waals surface area contributed by atoms with Crippen molar-refractivity contribution in [1.29, 1.82) is 0 Å². The van der Waals surface area contributed by atoms with Gasteiger partial charge in [0.2, 0.25) is 5.91 Å². The first kappa shape index (κ1) is 22.1. The van der Waals surface area contributed by atoms with Crippen LogP contribution in [0.2, 0.25) is 5.02 Å². The molecule has 0 atom stereocenters. The van der Waals surface area contributed by atoms with Crippen molar-refractivity contribution in [3.63, 3.8) is 0 Å². The molecule has 0 radical (unpaired) electrons. The van der Waals surface area contributed by atoms with Gasteiger partial charge in [0.25, 0.3) is 5.91 Å². The summed E-state index contributed by atoms with van der Waals surface area (Å²) in [6, 6.07) is 15.6. The fraction of sp³-hybridized carbons (Fsp3) is 0.391. The van der Waals surface area contributed by atoms with Crippen molar-refractivity contribution in [2.75, 3.05) is 56.5 Å². The summed E-state index contributed by atoms with van der Waals surface area (Å²) in [5.41, 5.74) is 3.02. The maximum atomic E-state index is 12.6. The lowest BCUT2D eigenvalue weighted by Gasteiger charge is -2.34. The number of likely N-dealkylation sites (N-methyl/N-ethyl adjacent to an activating group) is 1. The van der Waals surface area contributed by atoms with Gasteiger partial charge < -0.3 is 20.0 Å². The summed E-state index contributed by atoms with van der Waals surface area (Å²) in [5, 5.41) is 3.66. The number of rotatable bonds is 7. The first-order chi connectivity index (χ1) is 14.5. The highest BCUT2D eigenvalue weighted by molar-refractivity contribution is 6.30. The van der Waals surface area contributed by atoms with E-state index in [-0.39, 0.29) is 18.4 Å². The zero-order chi connectivity index (χ0) is 21.5. The smallest absolute Gasteiger partial charge is 0.277 e. The maximum absolute atomic E-state index is 12.6. The van der Waals surface area contributed by atoms with Gasteiger partial charge in [-0.1, -0.05) is 42.8 Å². The third kappa shape index (κ3) is 5.97. The summed E-state index contributed by atoms with van der Waals surface area (Å²) in [5.74, 6) is -0.187. The number of para-hydroxylation sites is 1. The number of piperazine rings is 1. The average Bonchev–Trinajstić information content (AvgIpc) is 2.74. The molecule has 0 spiro atoms. The molecule has 0 unspecified atom stereocenters. The molecule has 30 heavy (non-hydrogen) atoms. The van der Waals surface area contributed by atoms with Crippen molar-refractivity contribution in [3.8, 4) is 0 Å². The van der Waals surface area contributed by atoms with Gasteiger partial charge >= 0.3 is 0 Å². The van der Waals surface area contributed by atoms with E-state index in [0.717, 1.165) is 54.6 Å². The topological polar surface area (TPSA) is 57.1 Å². The van der Waals surface area contributed by atoms with Crippen molar-refractivity contribution >= 4 is 34.8 Å². The van der Waals surface area contributed by atoms with Gasteiger partial charge in [-0.05, 0) is 36.2 Å². The molecule has 2 amide bonds. The molecular weight excluding hydrogens is 400 g/mol. The van der Waals surface area contributed by atoms with Crippen LogP contribution in [0.1, 0.15) is 12.5 Å². The van der Waals surface area contributed by atoms with Crippen LogP contribution in [0.5, 0.6) is 0 Å². The Balaban J connectivity index is 1.45. The molecule has 6 nitrogen and oxygen atoms in total. The number of carbonyl (C=O) groups is 2. The second-order valence-electron chi connectivity index (χ2n) is 7.70. The standard InChI is InChI=1S/C23H29ClN4O2/c1-3-18-7-4-5-10-21(18)25-22(29)16-26(2)23(30)17-27-11-13-28(14-12-27)20-9-6-8-19(24)15-20/h4-10,15H,3,11-14,16-17H2,1-2H3,(H,25,29)/p+1. The Morgan fingerprint density at radius 2 is 1.87 bits per heavy atom. The van der Waals surface area contributed by atoms with Gasteiger partial charge in [0, 0.05) is 23.4 Å². The molecule has 1 aliphatic heterocycles. The van der Waals surface area contributed by atoms with Crippen LogP contribution < -0.4 is 15.1 Å². The van der Waals surface area contributed by atoms with E-state index in [0.29, 0.717) is 6.54 Å². The average molecular weight is 430 g/mol. The Bertz CT molecular complexity index is 881. The van der Waals surface area contributed by atoms with Crippen LogP contribution in [0, 0.1) is 0 Å². The van der Waals surface area contributed by atoms with Gasteiger partial charge in [-0.2, -0.15) is 0 Å². The second kappa shape index (κ2) is 10.5. The summed E-state index contributed by atoms with van der Waals surface area (Å²) >= 11 is 6.09. The van der Waals surface area contributed by atoms with Crippen LogP contribution in [-0.2, 0) is 16.0 Å². The zero-order valence-electron chi connectivity index (χ0n) is 17.7. The SMILES string of the molecule is CCc1ccccc1NC(=O)CN(C)C(=O)C[NH+]1CCN(c2cccc(Cl)c2)CC1. The summed E-state index contributed by atoms with van der Waals surface area (Å²) in [4.78, 5) is 30.0. The summed E-state index contributed by atoms with van der Waals surface area (Å²) in [6.45, 7) is 6.01. The summed E-state index contributed by atoms with van der Waals surface area (Å²) < 4.78 is 0. The van der Waals surface area contributed by atoms with Crippen molar-refractivity contribution in [2.45, 2.75) is 13.3 Å². The van der Waals surface area contributed by atoms with E-state index in [9.17, 15) is 9.59 Å². The first-order valence-electron chi connectivity index (χ1n) is 10.4. The Morgan fingerprint density at radius 1 is 1.13 bits per heavy atom.